The second-order valence-electron chi connectivity index (χ2n) is 6.28. The zero-order valence-corrected chi connectivity index (χ0v) is 15.2. The van der Waals surface area contributed by atoms with Gasteiger partial charge < -0.3 is 9.32 Å². The van der Waals surface area contributed by atoms with E-state index in [9.17, 15) is 23.3 Å². The van der Waals surface area contributed by atoms with E-state index in [0.717, 1.165) is 0 Å². The molecule has 0 aliphatic carbocycles. The standard InChI is InChI=1S/C18H18N2O6S/c21-18(8-5-14-3-6-15(7-4-14)20(22)23)19(12-17-2-1-10-26-17)16-9-11-27(24,25)13-16/h1-8,10,16H,9,11-13H2/b8-5+. The topological polar surface area (TPSA) is 111 Å². The second-order valence-corrected chi connectivity index (χ2v) is 8.51. The molecular formula is C18H18N2O6S. The molecule has 1 fully saturated rings. The second kappa shape index (κ2) is 7.75. The average Bonchev–Trinajstić information content (AvgIpc) is 3.27. The average molecular weight is 390 g/mol. The number of furan rings is 1. The van der Waals surface area contributed by atoms with Crippen molar-refractivity contribution in [3.05, 3.63) is 70.2 Å². The minimum atomic E-state index is -3.15. The lowest BCUT2D eigenvalue weighted by molar-refractivity contribution is -0.384. The molecule has 1 aliphatic rings. The van der Waals surface area contributed by atoms with Crippen LogP contribution in [0.5, 0.6) is 0 Å². The molecule has 0 N–H and O–H groups in total. The highest BCUT2D eigenvalue weighted by atomic mass is 32.2. The summed E-state index contributed by atoms with van der Waals surface area (Å²) in [4.78, 5) is 24.4. The molecule has 142 valence electrons. The summed E-state index contributed by atoms with van der Waals surface area (Å²) < 4.78 is 28.9. The summed E-state index contributed by atoms with van der Waals surface area (Å²) in [6.07, 6.45) is 4.77. The number of nitrogens with zero attached hydrogens (tertiary/aromatic N) is 2. The van der Waals surface area contributed by atoms with Crippen molar-refractivity contribution in [1.29, 1.82) is 0 Å². The molecular weight excluding hydrogens is 372 g/mol. The van der Waals surface area contributed by atoms with Gasteiger partial charge in [0.05, 0.1) is 29.2 Å². The maximum Gasteiger partial charge on any atom is 0.269 e. The number of carbonyl (C=O) groups excluding carboxylic acids is 1. The van der Waals surface area contributed by atoms with Crippen molar-refractivity contribution in [2.75, 3.05) is 11.5 Å². The normalized spacial score (nSPS) is 18.6. The van der Waals surface area contributed by atoms with Crippen molar-refractivity contribution in [3.63, 3.8) is 0 Å². The zero-order chi connectivity index (χ0) is 19.4. The van der Waals surface area contributed by atoms with Crippen molar-refractivity contribution in [2.45, 2.75) is 19.0 Å². The first-order valence-corrected chi connectivity index (χ1v) is 10.1. The third kappa shape index (κ3) is 4.82. The van der Waals surface area contributed by atoms with Crippen LogP contribution in [0.15, 0.2) is 53.2 Å². The largest absolute Gasteiger partial charge is 0.467 e. The van der Waals surface area contributed by atoms with Crippen molar-refractivity contribution >= 4 is 27.5 Å². The van der Waals surface area contributed by atoms with Crippen molar-refractivity contribution in [3.8, 4) is 0 Å². The van der Waals surface area contributed by atoms with Gasteiger partial charge >= 0.3 is 0 Å². The fourth-order valence-corrected chi connectivity index (χ4v) is 4.68. The van der Waals surface area contributed by atoms with Crippen LogP contribution in [0.3, 0.4) is 0 Å². The minimum Gasteiger partial charge on any atom is -0.467 e. The Morgan fingerprint density at radius 3 is 2.59 bits per heavy atom. The fourth-order valence-electron chi connectivity index (χ4n) is 2.95. The highest BCUT2D eigenvalue weighted by Gasteiger charge is 2.34. The number of rotatable bonds is 6. The van der Waals surface area contributed by atoms with E-state index in [1.54, 1.807) is 30.3 Å². The predicted octanol–water partition coefficient (Wildman–Crippen LogP) is 2.42. The van der Waals surface area contributed by atoms with Crippen molar-refractivity contribution in [1.82, 2.24) is 4.90 Å². The Morgan fingerprint density at radius 2 is 2.04 bits per heavy atom. The third-order valence-electron chi connectivity index (χ3n) is 4.36. The third-order valence-corrected chi connectivity index (χ3v) is 6.11. The molecule has 3 rings (SSSR count). The summed E-state index contributed by atoms with van der Waals surface area (Å²) >= 11 is 0. The molecule has 1 aromatic heterocycles. The molecule has 1 aliphatic heterocycles. The molecule has 1 saturated heterocycles. The molecule has 9 heteroatoms. The Hall–Kier alpha value is -2.94. The van der Waals surface area contributed by atoms with E-state index >= 15 is 0 Å². The van der Waals surface area contributed by atoms with Crippen LogP contribution in [-0.4, -0.2) is 41.7 Å². The predicted molar refractivity (Wildman–Crippen MR) is 98.4 cm³/mol. The molecule has 1 aromatic carbocycles. The molecule has 2 aromatic rings. The molecule has 8 nitrogen and oxygen atoms in total. The lowest BCUT2D eigenvalue weighted by Gasteiger charge is -2.26. The summed E-state index contributed by atoms with van der Waals surface area (Å²) in [6.45, 7) is 0.177. The molecule has 0 saturated carbocycles. The highest BCUT2D eigenvalue weighted by molar-refractivity contribution is 7.91. The maximum absolute atomic E-state index is 12.7. The first-order valence-electron chi connectivity index (χ1n) is 8.30. The molecule has 27 heavy (non-hydrogen) atoms. The number of carbonyl (C=O) groups is 1. The van der Waals surface area contributed by atoms with E-state index in [2.05, 4.69) is 0 Å². The number of amides is 1. The van der Waals surface area contributed by atoms with Gasteiger partial charge in [0.15, 0.2) is 9.84 Å². The SMILES string of the molecule is O=C(/C=C/c1ccc([N+](=O)[O-])cc1)N(Cc1ccco1)C1CCS(=O)(=O)C1. The van der Waals surface area contributed by atoms with Gasteiger partial charge in [0.1, 0.15) is 5.76 Å². The number of non-ortho nitro benzene ring substituents is 1. The Bertz CT molecular complexity index is 948. The van der Waals surface area contributed by atoms with Crippen LogP contribution in [0.25, 0.3) is 6.08 Å². The van der Waals surface area contributed by atoms with Gasteiger partial charge in [-0.25, -0.2) is 8.42 Å². The quantitative estimate of drug-likeness (QED) is 0.425. The van der Waals surface area contributed by atoms with Crippen LogP contribution >= 0.6 is 0 Å². The van der Waals surface area contributed by atoms with Crippen molar-refractivity contribution in [2.24, 2.45) is 0 Å². The lowest BCUT2D eigenvalue weighted by Crippen LogP contribution is -2.39. The van der Waals surface area contributed by atoms with E-state index in [0.29, 0.717) is 17.7 Å². The van der Waals surface area contributed by atoms with Gasteiger partial charge in [0.25, 0.3) is 5.69 Å². The van der Waals surface area contributed by atoms with E-state index in [-0.39, 0.29) is 29.6 Å². The summed E-state index contributed by atoms with van der Waals surface area (Å²) in [5.74, 6) is 0.222. The Balaban J connectivity index is 1.76. The number of sulfone groups is 1. The van der Waals surface area contributed by atoms with Gasteiger partial charge in [-0.3, -0.25) is 14.9 Å². The van der Waals surface area contributed by atoms with Crippen LogP contribution in [0, 0.1) is 10.1 Å². The molecule has 1 atom stereocenters. The minimum absolute atomic E-state index is 0.0333. The number of hydrogen-bond donors (Lipinski definition) is 0. The summed E-state index contributed by atoms with van der Waals surface area (Å²) in [7, 11) is -3.15. The molecule has 0 spiro atoms. The van der Waals surface area contributed by atoms with Crippen molar-refractivity contribution < 1.29 is 22.6 Å². The number of hydrogen-bond acceptors (Lipinski definition) is 6. The van der Waals surface area contributed by atoms with Gasteiger partial charge in [-0.2, -0.15) is 0 Å². The van der Waals surface area contributed by atoms with Crippen LogP contribution in [0.2, 0.25) is 0 Å². The van der Waals surface area contributed by atoms with Gasteiger partial charge in [-0.1, -0.05) is 0 Å². The summed E-state index contributed by atoms with van der Waals surface area (Å²) in [5.41, 5.74) is 0.597. The van der Waals surface area contributed by atoms with E-state index in [1.807, 2.05) is 0 Å². The number of nitro benzene ring substituents is 1. The van der Waals surface area contributed by atoms with Gasteiger partial charge in [-0.15, -0.1) is 0 Å². The lowest BCUT2D eigenvalue weighted by atomic mass is 10.1. The molecule has 1 unspecified atom stereocenters. The Morgan fingerprint density at radius 1 is 1.30 bits per heavy atom. The van der Waals surface area contributed by atoms with Gasteiger partial charge in [0, 0.05) is 24.3 Å². The molecule has 2 heterocycles. The first-order chi connectivity index (χ1) is 12.8. The van der Waals surface area contributed by atoms with Crippen LogP contribution in [0.4, 0.5) is 5.69 Å². The molecule has 1 amide bonds. The zero-order valence-electron chi connectivity index (χ0n) is 14.4. The van der Waals surface area contributed by atoms with Gasteiger partial charge in [-0.05, 0) is 42.3 Å². The Kier molecular flexibility index (Phi) is 5.41. The Labute approximate surface area is 156 Å². The van der Waals surface area contributed by atoms with E-state index in [1.165, 1.54) is 29.4 Å². The van der Waals surface area contributed by atoms with E-state index < -0.39 is 20.8 Å². The monoisotopic (exact) mass is 390 g/mol. The van der Waals surface area contributed by atoms with E-state index in [4.69, 9.17) is 4.42 Å². The summed E-state index contributed by atoms with van der Waals surface area (Å²) in [5, 5.41) is 10.7. The van der Waals surface area contributed by atoms with Crippen LogP contribution in [-0.2, 0) is 21.2 Å². The van der Waals surface area contributed by atoms with Gasteiger partial charge in [0.2, 0.25) is 5.91 Å². The highest BCUT2D eigenvalue weighted by Crippen LogP contribution is 2.21. The molecule has 0 radical (unpaired) electrons. The first kappa shape index (κ1) is 18.8. The van der Waals surface area contributed by atoms with Crippen LogP contribution in [0.1, 0.15) is 17.7 Å². The smallest absolute Gasteiger partial charge is 0.269 e. The number of nitro groups is 1. The summed E-state index contributed by atoms with van der Waals surface area (Å²) in [6, 6.07) is 8.81. The maximum atomic E-state index is 12.7. The van der Waals surface area contributed by atoms with Crippen LogP contribution < -0.4 is 0 Å². The molecule has 0 bridgehead atoms. The fraction of sp³-hybridized carbons (Fsp3) is 0.278. The number of benzene rings is 1.